The minimum absolute atomic E-state index is 0.0169. The first-order valence-corrected chi connectivity index (χ1v) is 11.2. The van der Waals surface area contributed by atoms with Gasteiger partial charge in [-0.25, -0.2) is 4.79 Å². The maximum absolute atomic E-state index is 11.5. The highest BCUT2D eigenvalue weighted by Crippen LogP contribution is 2.30. The average Bonchev–Trinajstić information content (AvgIpc) is 2.80. The summed E-state index contributed by atoms with van der Waals surface area (Å²) in [5.74, 6) is -0.0891. The molecule has 2 aromatic carbocycles. The van der Waals surface area contributed by atoms with E-state index in [1.54, 1.807) is 37.1 Å². The highest BCUT2D eigenvalue weighted by molar-refractivity contribution is 5.91. The van der Waals surface area contributed by atoms with Crippen molar-refractivity contribution in [1.29, 1.82) is 0 Å². The summed E-state index contributed by atoms with van der Waals surface area (Å²) in [6, 6.07) is 13.1. The van der Waals surface area contributed by atoms with Gasteiger partial charge in [0, 0.05) is 26.1 Å². The smallest absolute Gasteiger partial charge is 0.371 e. The fourth-order valence-electron chi connectivity index (χ4n) is 2.99. The van der Waals surface area contributed by atoms with Gasteiger partial charge in [-0.05, 0) is 54.8 Å². The Morgan fingerprint density at radius 3 is 2.30 bits per heavy atom. The molecule has 0 heterocycles. The molecule has 0 radical (unpaired) electrons. The van der Waals surface area contributed by atoms with Crippen molar-refractivity contribution in [2.45, 2.75) is 40.0 Å². The van der Waals surface area contributed by atoms with E-state index in [4.69, 9.17) is 14.2 Å². The van der Waals surface area contributed by atoms with E-state index in [0.717, 1.165) is 24.1 Å². The largest absolute Gasteiger partial charge is 0.490 e. The molecule has 0 aliphatic heterocycles. The molecule has 0 fully saturated rings. The Hall–Kier alpha value is -3.48. The fourth-order valence-corrected chi connectivity index (χ4v) is 2.99. The van der Waals surface area contributed by atoms with E-state index in [0.29, 0.717) is 36.7 Å². The van der Waals surface area contributed by atoms with Crippen molar-refractivity contribution in [3.8, 4) is 11.5 Å². The summed E-state index contributed by atoms with van der Waals surface area (Å²) >= 11 is 0. The fraction of sp³-hybridized carbons (Fsp3) is 0.385. The third-order valence-corrected chi connectivity index (χ3v) is 4.98. The number of unbranched alkanes of at least 4 members (excludes halogenated alkanes) is 1. The molecule has 0 spiro atoms. The van der Waals surface area contributed by atoms with Gasteiger partial charge in [-0.2, -0.15) is 0 Å². The second kappa shape index (κ2) is 13.2. The summed E-state index contributed by atoms with van der Waals surface area (Å²) in [5, 5.41) is 9.29. The quantitative estimate of drug-likeness (QED) is 0.262. The van der Waals surface area contributed by atoms with Gasteiger partial charge in [0.15, 0.2) is 11.5 Å². The number of hydrogen-bond acceptors (Lipinski definition) is 5. The topological polar surface area (TPSA) is 85.3 Å². The predicted molar refractivity (Wildman–Crippen MR) is 129 cm³/mol. The zero-order valence-electron chi connectivity index (χ0n) is 19.8. The zero-order valence-corrected chi connectivity index (χ0v) is 19.8. The van der Waals surface area contributed by atoms with Crippen LogP contribution in [0, 0.1) is 0 Å². The van der Waals surface area contributed by atoms with Gasteiger partial charge in [-0.1, -0.05) is 31.5 Å². The predicted octanol–water partition coefficient (Wildman–Crippen LogP) is 4.93. The van der Waals surface area contributed by atoms with Gasteiger partial charge in [0.1, 0.15) is 0 Å². The molecule has 0 bridgehead atoms. The summed E-state index contributed by atoms with van der Waals surface area (Å²) in [4.78, 5) is 24.4. The van der Waals surface area contributed by atoms with Crippen LogP contribution < -0.4 is 14.4 Å². The van der Waals surface area contributed by atoms with Crippen LogP contribution in [-0.4, -0.2) is 43.9 Å². The molecule has 1 N–H and O–H groups in total. The number of carboxylic acid groups (broad SMARTS) is 1. The van der Waals surface area contributed by atoms with Crippen molar-refractivity contribution in [2.75, 3.05) is 31.8 Å². The minimum Gasteiger partial charge on any atom is -0.490 e. The first-order chi connectivity index (χ1) is 15.8. The summed E-state index contributed by atoms with van der Waals surface area (Å²) in [6.45, 7) is 6.61. The van der Waals surface area contributed by atoms with Crippen LogP contribution in [0.2, 0.25) is 0 Å². The van der Waals surface area contributed by atoms with Gasteiger partial charge < -0.3 is 24.2 Å². The Bertz CT molecular complexity index is 952. The van der Waals surface area contributed by atoms with Gasteiger partial charge in [0.25, 0.3) is 0 Å². The average molecular weight is 456 g/mol. The summed E-state index contributed by atoms with van der Waals surface area (Å²) < 4.78 is 17.1. The molecule has 2 rings (SSSR count). The van der Waals surface area contributed by atoms with Crippen molar-refractivity contribution in [2.24, 2.45) is 0 Å². The lowest BCUT2D eigenvalue weighted by Crippen LogP contribution is -2.22. The van der Waals surface area contributed by atoms with E-state index >= 15 is 0 Å². The van der Waals surface area contributed by atoms with Crippen molar-refractivity contribution < 1.29 is 28.9 Å². The molecule has 0 aliphatic rings. The lowest BCUT2D eigenvalue weighted by atomic mass is 10.1. The minimum atomic E-state index is -1.12. The SMILES string of the molecule is CCCCOc1cc(/C=C(\OCC)C(=O)O)ccc1OCCc1ccc(N(C)C(C)=O)cc1. The Labute approximate surface area is 195 Å². The number of carbonyl (C=O) groups excluding carboxylic acids is 1. The van der Waals surface area contributed by atoms with Gasteiger partial charge >= 0.3 is 5.97 Å². The molecule has 7 nitrogen and oxygen atoms in total. The number of benzene rings is 2. The van der Waals surface area contributed by atoms with Gasteiger partial charge in [0.05, 0.1) is 19.8 Å². The van der Waals surface area contributed by atoms with Gasteiger partial charge in [-0.3, -0.25) is 4.79 Å². The maximum Gasteiger partial charge on any atom is 0.371 e. The van der Waals surface area contributed by atoms with Crippen molar-refractivity contribution in [3.05, 3.63) is 59.4 Å². The van der Waals surface area contributed by atoms with Crippen LogP contribution in [-0.2, 0) is 20.7 Å². The summed E-state index contributed by atoms with van der Waals surface area (Å²) in [5.41, 5.74) is 2.59. The normalized spacial score (nSPS) is 11.1. The molecular formula is C26H33NO6. The lowest BCUT2D eigenvalue weighted by Gasteiger charge is -2.16. The highest BCUT2D eigenvalue weighted by atomic mass is 16.5. The summed E-state index contributed by atoms with van der Waals surface area (Å²) in [6.07, 6.45) is 4.06. The molecule has 0 aromatic heterocycles. The van der Waals surface area contributed by atoms with Crippen molar-refractivity contribution in [1.82, 2.24) is 0 Å². The van der Waals surface area contributed by atoms with Crippen molar-refractivity contribution in [3.63, 3.8) is 0 Å². The van der Waals surface area contributed by atoms with Crippen LogP contribution in [0.4, 0.5) is 5.69 Å². The zero-order chi connectivity index (χ0) is 24.2. The molecule has 0 aliphatic carbocycles. The molecule has 0 unspecified atom stereocenters. The number of ether oxygens (including phenoxy) is 3. The van der Waals surface area contributed by atoms with Crippen LogP contribution in [0.3, 0.4) is 0 Å². The van der Waals surface area contributed by atoms with Gasteiger partial charge in [-0.15, -0.1) is 0 Å². The maximum atomic E-state index is 11.5. The first kappa shape index (κ1) is 25.8. The number of anilines is 1. The molecule has 33 heavy (non-hydrogen) atoms. The van der Waals surface area contributed by atoms with Crippen LogP contribution in [0.25, 0.3) is 6.08 Å². The number of hydrogen-bond donors (Lipinski definition) is 1. The number of nitrogens with zero attached hydrogens (tertiary/aromatic N) is 1. The monoisotopic (exact) mass is 455 g/mol. The molecule has 1 amide bonds. The van der Waals surface area contributed by atoms with E-state index in [9.17, 15) is 14.7 Å². The first-order valence-electron chi connectivity index (χ1n) is 11.2. The number of amides is 1. The third kappa shape index (κ3) is 8.18. The van der Waals surface area contributed by atoms with Gasteiger partial charge in [0.2, 0.25) is 11.7 Å². The van der Waals surface area contributed by atoms with E-state index < -0.39 is 5.97 Å². The molecule has 0 saturated carbocycles. The summed E-state index contributed by atoms with van der Waals surface area (Å²) in [7, 11) is 1.74. The number of carboxylic acids is 1. The number of carbonyl (C=O) groups is 2. The van der Waals surface area contributed by atoms with E-state index in [1.165, 1.54) is 13.0 Å². The Morgan fingerprint density at radius 1 is 1.00 bits per heavy atom. The van der Waals surface area contributed by atoms with Crippen LogP contribution >= 0.6 is 0 Å². The Morgan fingerprint density at radius 2 is 1.70 bits per heavy atom. The highest BCUT2D eigenvalue weighted by Gasteiger charge is 2.11. The molecular weight excluding hydrogens is 422 g/mol. The standard InChI is InChI=1S/C26H33NO6/c1-5-7-15-32-24-17-21(18-25(26(29)30)31-6-2)10-13-23(24)33-16-14-20-8-11-22(12-9-20)27(4)19(3)28/h8-13,17-18H,5-7,14-16H2,1-4H3,(H,29,30)/b25-18-. The Kier molecular flexibility index (Phi) is 10.3. The molecule has 2 aromatic rings. The van der Waals surface area contributed by atoms with E-state index in [-0.39, 0.29) is 18.3 Å². The Balaban J connectivity index is 2.10. The van der Waals surface area contributed by atoms with E-state index in [1.807, 2.05) is 24.3 Å². The lowest BCUT2D eigenvalue weighted by molar-refractivity contribution is -0.136. The second-order valence-electron chi connectivity index (χ2n) is 7.50. The number of aliphatic carboxylic acids is 1. The second-order valence-corrected chi connectivity index (χ2v) is 7.50. The number of rotatable bonds is 13. The molecule has 0 atom stereocenters. The van der Waals surface area contributed by atoms with Crippen LogP contribution in [0.15, 0.2) is 48.2 Å². The van der Waals surface area contributed by atoms with Crippen LogP contribution in [0.1, 0.15) is 44.7 Å². The van der Waals surface area contributed by atoms with Crippen molar-refractivity contribution >= 4 is 23.6 Å². The molecule has 0 saturated heterocycles. The third-order valence-electron chi connectivity index (χ3n) is 4.98. The molecule has 178 valence electrons. The molecule has 7 heteroatoms. The van der Waals surface area contributed by atoms with E-state index in [2.05, 4.69) is 6.92 Å². The van der Waals surface area contributed by atoms with Crippen LogP contribution in [0.5, 0.6) is 11.5 Å².